The van der Waals surface area contributed by atoms with Gasteiger partial charge in [0.2, 0.25) is 0 Å². The molecule has 2 heteroatoms. The van der Waals surface area contributed by atoms with E-state index >= 15 is 0 Å². The molecule has 0 fully saturated rings. The maximum atomic E-state index is 6.86. The average Bonchev–Trinajstić information content (AvgIpc) is 3.99. The van der Waals surface area contributed by atoms with Gasteiger partial charge in [0.05, 0.1) is 10.8 Å². The molecule has 1 aliphatic heterocycles. The summed E-state index contributed by atoms with van der Waals surface area (Å²) in [7, 11) is 0. The number of para-hydroxylation sites is 1. The Labute approximate surface area is 395 Å². The SMILES string of the molecule is c1ccc2c(c1)Oc1ccc(N(c3ccc(-c4ccc5c(c4)-c4ccccc4C54c5ccccc5-c5ccccc54)cc3)c3ccc4ccccc4c3)cc1C21c2ccccc2-c2ccccc21. The summed E-state index contributed by atoms with van der Waals surface area (Å²) in [4.78, 5) is 2.41. The lowest BCUT2D eigenvalue weighted by molar-refractivity contribution is 0.436. The Bertz CT molecular complexity index is 3820. The van der Waals surface area contributed by atoms with Gasteiger partial charge in [-0.2, -0.15) is 0 Å². The molecule has 4 aliphatic rings. The molecule has 0 saturated carbocycles. The number of nitrogens with zero attached hydrogens (tertiary/aromatic N) is 1. The summed E-state index contributed by atoms with van der Waals surface area (Å²) < 4.78 is 6.86. The van der Waals surface area contributed by atoms with Crippen molar-refractivity contribution in [1.29, 1.82) is 0 Å². The van der Waals surface area contributed by atoms with Crippen molar-refractivity contribution in [2.45, 2.75) is 10.8 Å². The van der Waals surface area contributed by atoms with E-state index in [4.69, 9.17) is 4.74 Å². The first-order valence-electron chi connectivity index (χ1n) is 23.7. The van der Waals surface area contributed by atoms with Gasteiger partial charge in [-0.3, -0.25) is 0 Å². The highest BCUT2D eigenvalue weighted by Gasteiger charge is 2.53. The summed E-state index contributed by atoms with van der Waals surface area (Å²) in [6.07, 6.45) is 0. The molecular weight excluding hydrogens is 823 g/mol. The van der Waals surface area contributed by atoms with E-state index in [-0.39, 0.29) is 5.41 Å². The summed E-state index contributed by atoms with van der Waals surface area (Å²) in [5, 5.41) is 2.41. The van der Waals surface area contributed by atoms with Crippen molar-refractivity contribution in [3.63, 3.8) is 0 Å². The highest BCUT2D eigenvalue weighted by atomic mass is 16.5. The zero-order valence-electron chi connectivity index (χ0n) is 37.0. The fraction of sp³-hybridized carbons (Fsp3) is 0.0303. The predicted molar refractivity (Wildman–Crippen MR) is 278 cm³/mol. The van der Waals surface area contributed by atoms with Gasteiger partial charge in [0.15, 0.2) is 0 Å². The van der Waals surface area contributed by atoms with Crippen LogP contribution < -0.4 is 9.64 Å². The van der Waals surface area contributed by atoms with Gasteiger partial charge in [-0.25, -0.2) is 0 Å². The smallest absolute Gasteiger partial charge is 0.132 e. The van der Waals surface area contributed by atoms with E-state index in [1.54, 1.807) is 0 Å². The van der Waals surface area contributed by atoms with Crippen molar-refractivity contribution in [2.75, 3.05) is 4.90 Å². The molecule has 2 spiro atoms. The lowest BCUT2D eigenvalue weighted by Gasteiger charge is -2.40. The molecule has 11 aromatic carbocycles. The van der Waals surface area contributed by atoms with Crippen LogP contribution in [0.25, 0.3) is 55.3 Å². The Morgan fingerprint density at radius 2 is 0.662 bits per heavy atom. The Hall–Kier alpha value is -8.72. The van der Waals surface area contributed by atoms with E-state index in [1.807, 2.05) is 0 Å². The Morgan fingerprint density at radius 1 is 0.250 bits per heavy atom. The Morgan fingerprint density at radius 3 is 1.26 bits per heavy atom. The van der Waals surface area contributed by atoms with Gasteiger partial charge in [0.1, 0.15) is 11.5 Å². The van der Waals surface area contributed by atoms with Crippen molar-refractivity contribution >= 4 is 27.8 Å². The minimum Gasteiger partial charge on any atom is -0.457 e. The Balaban J connectivity index is 0.893. The summed E-state index contributed by atoms with van der Waals surface area (Å²) in [6.45, 7) is 0. The third-order valence-electron chi connectivity index (χ3n) is 15.5. The van der Waals surface area contributed by atoms with E-state index in [0.29, 0.717) is 0 Å². The quantitative estimate of drug-likeness (QED) is 0.175. The molecule has 3 aliphatic carbocycles. The summed E-state index contributed by atoms with van der Waals surface area (Å²) >= 11 is 0. The minimum atomic E-state index is -0.570. The summed E-state index contributed by atoms with van der Waals surface area (Å²) in [6, 6.07) is 92.1. The fourth-order valence-electron chi connectivity index (χ4n) is 12.8. The topological polar surface area (TPSA) is 12.5 Å². The van der Waals surface area contributed by atoms with Gasteiger partial charge in [-0.15, -0.1) is 0 Å². The van der Waals surface area contributed by atoms with Gasteiger partial charge in [-0.1, -0.05) is 194 Å². The van der Waals surface area contributed by atoms with Crippen LogP contribution in [-0.4, -0.2) is 0 Å². The molecule has 0 aromatic heterocycles. The second-order valence-electron chi connectivity index (χ2n) is 18.7. The van der Waals surface area contributed by atoms with Crippen molar-refractivity contribution in [2.24, 2.45) is 0 Å². The molecule has 1 heterocycles. The second kappa shape index (κ2) is 13.9. The number of ether oxygens (including phenoxy) is 1. The second-order valence-corrected chi connectivity index (χ2v) is 18.7. The molecule has 0 radical (unpaired) electrons. The van der Waals surface area contributed by atoms with Gasteiger partial charge >= 0.3 is 0 Å². The molecule has 11 aromatic rings. The van der Waals surface area contributed by atoms with Crippen molar-refractivity contribution in [3.8, 4) is 56.0 Å². The average molecular weight is 864 g/mol. The van der Waals surface area contributed by atoms with E-state index in [2.05, 4.69) is 254 Å². The van der Waals surface area contributed by atoms with Gasteiger partial charge in [0, 0.05) is 28.2 Å². The first kappa shape index (κ1) is 37.5. The molecule has 0 atom stereocenters. The first-order valence-corrected chi connectivity index (χ1v) is 23.7. The van der Waals surface area contributed by atoms with Crippen LogP contribution in [0.3, 0.4) is 0 Å². The summed E-state index contributed by atoms with van der Waals surface area (Å²) in [5.74, 6) is 1.77. The highest BCUT2D eigenvalue weighted by Crippen LogP contribution is 2.64. The van der Waals surface area contributed by atoms with Crippen LogP contribution in [0.15, 0.2) is 249 Å². The molecule has 0 N–H and O–H groups in total. The third kappa shape index (κ3) is 4.86. The third-order valence-corrected chi connectivity index (χ3v) is 15.5. The number of hydrogen-bond acceptors (Lipinski definition) is 2. The fourth-order valence-corrected chi connectivity index (χ4v) is 12.8. The molecular formula is C66H41NO. The van der Waals surface area contributed by atoms with Crippen molar-refractivity contribution in [3.05, 3.63) is 293 Å². The lowest BCUT2D eigenvalue weighted by Crippen LogP contribution is -2.32. The molecule has 0 saturated heterocycles. The van der Waals surface area contributed by atoms with E-state index in [9.17, 15) is 0 Å². The molecule has 0 amide bonds. The summed E-state index contributed by atoms with van der Waals surface area (Å²) in [5.41, 5.74) is 22.7. The van der Waals surface area contributed by atoms with Crippen LogP contribution in [0, 0.1) is 0 Å². The van der Waals surface area contributed by atoms with Crippen molar-refractivity contribution in [1.82, 2.24) is 0 Å². The van der Waals surface area contributed by atoms with Crippen LogP contribution >= 0.6 is 0 Å². The number of rotatable bonds is 4. The maximum Gasteiger partial charge on any atom is 0.132 e. The zero-order chi connectivity index (χ0) is 44.6. The number of hydrogen-bond donors (Lipinski definition) is 0. The predicted octanol–water partition coefficient (Wildman–Crippen LogP) is 16.8. The molecule has 0 bridgehead atoms. The van der Waals surface area contributed by atoms with E-state index in [1.165, 1.54) is 88.7 Å². The Kier molecular flexibility index (Phi) is 7.67. The molecule has 15 rings (SSSR count). The normalized spacial score (nSPS) is 14.2. The van der Waals surface area contributed by atoms with Gasteiger partial charge in [-0.05, 0) is 143 Å². The number of fused-ring (bicyclic) bond motifs is 20. The van der Waals surface area contributed by atoms with Crippen LogP contribution in [0.4, 0.5) is 17.1 Å². The molecule has 0 unspecified atom stereocenters. The van der Waals surface area contributed by atoms with Crippen LogP contribution in [0.1, 0.15) is 44.5 Å². The van der Waals surface area contributed by atoms with Crippen LogP contribution in [0.5, 0.6) is 11.5 Å². The number of benzene rings is 11. The van der Waals surface area contributed by atoms with E-state index in [0.717, 1.165) is 39.7 Å². The van der Waals surface area contributed by atoms with Crippen LogP contribution in [0.2, 0.25) is 0 Å². The van der Waals surface area contributed by atoms with Crippen LogP contribution in [-0.2, 0) is 10.8 Å². The van der Waals surface area contributed by atoms with E-state index < -0.39 is 5.41 Å². The highest BCUT2D eigenvalue weighted by molar-refractivity contribution is 5.97. The standard InChI is InChI=1S/C66H41NO/c1-2-16-44-39-47(35-31-42(44)15-1)67(48-36-38-64-62(41-48)66(61-27-13-14-28-63(61)68-64)57-24-10-5-19-51(57)52-20-6-11-25-58(52)66)46-33-29-43(30-34-46)45-32-37-60-54(40-45)53-21-7-12-26-59(53)65(60)55-22-8-3-17-49(55)50-18-4-9-23-56(50)65/h1-41H. The minimum absolute atomic E-state index is 0.356. The number of anilines is 3. The first-order chi connectivity index (χ1) is 33.7. The maximum absolute atomic E-state index is 6.86. The largest absolute Gasteiger partial charge is 0.457 e. The zero-order valence-corrected chi connectivity index (χ0v) is 37.0. The monoisotopic (exact) mass is 863 g/mol. The lowest BCUT2D eigenvalue weighted by atomic mass is 9.66. The van der Waals surface area contributed by atoms with Gasteiger partial charge in [0.25, 0.3) is 0 Å². The van der Waals surface area contributed by atoms with Gasteiger partial charge < -0.3 is 9.64 Å². The molecule has 68 heavy (non-hydrogen) atoms. The van der Waals surface area contributed by atoms with Crippen molar-refractivity contribution < 1.29 is 4.74 Å². The molecule has 316 valence electrons. The molecule has 2 nitrogen and oxygen atoms in total.